The van der Waals surface area contributed by atoms with Gasteiger partial charge in [0.2, 0.25) is 0 Å². The topological polar surface area (TPSA) is 54.6 Å². The van der Waals surface area contributed by atoms with E-state index in [1.165, 1.54) is 6.08 Å². The van der Waals surface area contributed by atoms with Crippen LogP contribution in [0.15, 0.2) is 70.1 Å². The van der Waals surface area contributed by atoms with Crippen LogP contribution in [0.25, 0.3) is 17.4 Å². The molecule has 0 saturated heterocycles. The number of anilines is 1. The molecule has 4 rings (SSSR count). The molecule has 1 aliphatic heterocycles. The Labute approximate surface area is 189 Å². The van der Waals surface area contributed by atoms with E-state index in [0.29, 0.717) is 32.7 Å². The summed E-state index contributed by atoms with van der Waals surface area (Å²) < 4.78 is 5.79. The van der Waals surface area contributed by atoms with E-state index in [2.05, 4.69) is 10.3 Å². The number of rotatable bonds is 5. The molecule has 4 nitrogen and oxygen atoms in total. The van der Waals surface area contributed by atoms with Gasteiger partial charge in [-0.15, -0.1) is 0 Å². The Bertz CT molecular complexity index is 1120. The number of aliphatic imine (C=N–C) groups is 1. The molecule has 2 heterocycles. The number of carbonyl (C=O) groups excluding carboxylic acids is 1. The number of hydrogen-bond donors (Lipinski definition) is 1. The fourth-order valence-electron chi connectivity index (χ4n) is 2.91. The fourth-order valence-corrected chi connectivity index (χ4v) is 4.14. The lowest BCUT2D eigenvalue weighted by atomic mass is 10.1. The van der Waals surface area contributed by atoms with Crippen LogP contribution in [0.2, 0.25) is 10.0 Å². The number of nitrogens with one attached hydrogen (secondary N) is 1. The lowest BCUT2D eigenvalue weighted by Gasteiger charge is -2.13. The molecule has 0 bridgehead atoms. The van der Waals surface area contributed by atoms with E-state index >= 15 is 0 Å². The number of carbonyl (C=O) groups is 1. The quantitative estimate of drug-likeness (QED) is 0.329. The molecule has 1 aliphatic rings. The molecule has 0 amide bonds. The molecule has 1 aromatic heterocycles. The number of thioether (sulfide) groups is 1. The zero-order valence-electron chi connectivity index (χ0n) is 15.9. The minimum Gasteiger partial charge on any atom is -0.457 e. The summed E-state index contributed by atoms with van der Waals surface area (Å²) in [4.78, 5) is 16.9. The van der Waals surface area contributed by atoms with Gasteiger partial charge in [0, 0.05) is 29.1 Å². The molecule has 0 spiro atoms. The highest BCUT2D eigenvalue weighted by atomic mass is 35.5. The van der Waals surface area contributed by atoms with Crippen molar-refractivity contribution in [3.63, 3.8) is 0 Å². The van der Waals surface area contributed by atoms with E-state index in [1.54, 1.807) is 48.2 Å². The summed E-state index contributed by atoms with van der Waals surface area (Å²) in [7, 11) is 0. The minimum atomic E-state index is -0.107. The second kappa shape index (κ2) is 9.56. The van der Waals surface area contributed by atoms with Crippen molar-refractivity contribution in [3.8, 4) is 11.3 Å². The second-order valence-corrected chi connectivity index (χ2v) is 8.46. The van der Waals surface area contributed by atoms with E-state index in [9.17, 15) is 4.79 Å². The van der Waals surface area contributed by atoms with Crippen molar-refractivity contribution in [2.75, 3.05) is 17.6 Å². The van der Waals surface area contributed by atoms with Crippen molar-refractivity contribution in [1.29, 1.82) is 0 Å². The van der Waals surface area contributed by atoms with Gasteiger partial charge < -0.3 is 9.73 Å². The van der Waals surface area contributed by atoms with Crippen molar-refractivity contribution in [3.05, 3.63) is 82.0 Å². The van der Waals surface area contributed by atoms with E-state index in [4.69, 9.17) is 27.6 Å². The Morgan fingerprint density at radius 2 is 1.93 bits per heavy atom. The van der Waals surface area contributed by atoms with Crippen molar-refractivity contribution in [2.45, 2.75) is 6.42 Å². The monoisotopic (exact) mass is 456 g/mol. The molecule has 152 valence electrons. The van der Waals surface area contributed by atoms with E-state index in [-0.39, 0.29) is 5.78 Å². The minimum absolute atomic E-state index is 0.107. The first-order valence-corrected chi connectivity index (χ1v) is 11.2. The van der Waals surface area contributed by atoms with Crippen LogP contribution in [0.1, 0.15) is 22.5 Å². The number of benzene rings is 2. The standard InChI is InChI=1S/C23H18Cl2N2O2S/c24-19-4-1-3-18(22(19)25)21-12-10-17(29-21)9-11-20(28)15-5-7-16(8-6-15)27-23-26-13-2-14-30-23/h1,3-12H,2,13-14H2,(H,26,27)/b11-9+. The Morgan fingerprint density at radius 3 is 2.70 bits per heavy atom. The summed E-state index contributed by atoms with van der Waals surface area (Å²) in [6.07, 6.45) is 4.24. The van der Waals surface area contributed by atoms with Gasteiger partial charge in [0.05, 0.1) is 10.0 Å². The van der Waals surface area contributed by atoms with Gasteiger partial charge in [-0.3, -0.25) is 9.79 Å². The van der Waals surface area contributed by atoms with Crippen molar-refractivity contribution < 1.29 is 9.21 Å². The molecule has 7 heteroatoms. The molecular formula is C23H18Cl2N2O2S. The van der Waals surface area contributed by atoms with E-state index in [0.717, 1.165) is 29.6 Å². The molecule has 2 aromatic carbocycles. The number of furan rings is 1. The zero-order valence-corrected chi connectivity index (χ0v) is 18.2. The van der Waals surface area contributed by atoms with Gasteiger partial charge in [0.15, 0.2) is 11.0 Å². The molecule has 0 radical (unpaired) electrons. The predicted molar refractivity (Wildman–Crippen MR) is 127 cm³/mol. The van der Waals surface area contributed by atoms with Gasteiger partial charge >= 0.3 is 0 Å². The third-order valence-corrected chi connectivity index (χ3v) is 6.28. The fraction of sp³-hybridized carbons (Fsp3) is 0.130. The van der Waals surface area contributed by atoms with Gasteiger partial charge in [-0.05, 0) is 67.1 Å². The molecule has 3 aromatic rings. The van der Waals surface area contributed by atoms with Crippen LogP contribution >= 0.6 is 35.0 Å². The highest BCUT2D eigenvalue weighted by Gasteiger charge is 2.11. The van der Waals surface area contributed by atoms with Gasteiger partial charge in [0.1, 0.15) is 11.5 Å². The zero-order chi connectivity index (χ0) is 20.9. The van der Waals surface area contributed by atoms with Gasteiger partial charge in [-0.2, -0.15) is 0 Å². The summed E-state index contributed by atoms with van der Waals surface area (Å²) in [6, 6.07) is 16.3. The highest BCUT2D eigenvalue weighted by Crippen LogP contribution is 2.34. The lowest BCUT2D eigenvalue weighted by Crippen LogP contribution is -2.13. The second-order valence-electron chi connectivity index (χ2n) is 6.59. The summed E-state index contributed by atoms with van der Waals surface area (Å²) in [6.45, 7) is 0.856. The maximum atomic E-state index is 12.5. The third-order valence-electron chi connectivity index (χ3n) is 4.46. The average Bonchev–Trinajstić information content (AvgIpc) is 3.24. The molecule has 30 heavy (non-hydrogen) atoms. The van der Waals surface area contributed by atoms with Crippen LogP contribution in [-0.4, -0.2) is 23.2 Å². The lowest BCUT2D eigenvalue weighted by molar-refractivity contribution is 0.104. The first-order valence-electron chi connectivity index (χ1n) is 9.41. The third kappa shape index (κ3) is 4.98. The number of amidine groups is 1. The van der Waals surface area contributed by atoms with E-state index < -0.39 is 0 Å². The first kappa shape index (κ1) is 20.8. The number of halogens is 2. The normalized spacial score (nSPS) is 14.0. The molecule has 1 N–H and O–H groups in total. The Morgan fingerprint density at radius 1 is 1.10 bits per heavy atom. The van der Waals surface area contributed by atoms with Crippen molar-refractivity contribution in [2.24, 2.45) is 4.99 Å². The average molecular weight is 457 g/mol. The van der Waals surface area contributed by atoms with Crippen LogP contribution in [0, 0.1) is 0 Å². The summed E-state index contributed by atoms with van der Waals surface area (Å²) >= 11 is 14.0. The number of allylic oxidation sites excluding steroid dienone is 1. The predicted octanol–water partition coefficient (Wildman–Crippen LogP) is 7.05. The van der Waals surface area contributed by atoms with Crippen molar-refractivity contribution in [1.82, 2.24) is 0 Å². The van der Waals surface area contributed by atoms with E-state index in [1.807, 2.05) is 24.3 Å². The number of nitrogens with zero attached hydrogens (tertiary/aromatic N) is 1. The smallest absolute Gasteiger partial charge is 0.185 e. The summed E-state index contributed by atoms with van der Waals surface area (Å²) in [5, 5.41) is 5.10. The van der Waals surface area contributed by atoms with Crippen LogP contribution < -0.4 is 5.32 Å². The van der Waals surface area contributed by atoms with Crippen LogP contribution in [0.5, 0.6) is 0 Å². The van der Waals surface area contributed by atoms with Gasteiger partial charge in [0.25, 0.3) is 0 Å². The number of hydrogen-bond acceptors (Lipinski definition) is 5. The molecule has 0 aliphatic carbocycles. The largest absolute Gasteiger partial charge is 0.457 e. The first-order chi connectivity index (χ1) is 14.6. The summed E-state index contributed by atoms with van der Waals surface area (Å²) in [5.41, 5.74) is 2.22. The van der Waals surface area contributed by atoms with Gasteiger partial charge in [-0.25, -0.2) is 0 Å². The SMILES string of the molecule is O=C(/C=C/c1ccc(-c2cccc(Cl)c2Cl)o1)c1ccc(NC2=NCCCS2)cc1. The van der Waals surface area contributed by atoms with Crippen LogP contribution in [0.4, 0.5) is 5.69 Å². The molecule has 0 unspecified atom stereocenters. The molecule has 0 saturated carbocycles. The molecule has 0 fully saturated rings. The maximum absolute atomic E-state index is 12.5. The highest BCUT2D eigenvalue weighted by molar-refractivity contribution is 8.14. The Kier molecular flexibility index (Phi) is 6.62. The van der Waals surface area contributed by atoms with Gasteiger partial charge in [-0.1, -0.05) is 41.0 Å². The maximum Gasteiger partial charge on any atom is 0.185 e. The van der Waals surface area contributed by atoms with Crippen LogP contribution in [-0.2, 0) is 0 Å². The molecule has 0 atom stereocenters. The number of ketones is 1. The van der Waals surface area contributed by atoms with Crippen LogP contribution in [0.3, 0.4) is 0 Å². The van der Waals surface area contributed by atoms with Crippen molar-refractivity contribution >= 4 is 57.7 Å². The Balaban J connectivity index is 1.42. The Hall–Kier alpha value is -2.47. The summed E-state index contributed by atoms with van der Waals surface area (Å²) in [5.74, 6) is 2.11. The molecular weight excluding hydrogens is 439 g/mol.